The summed E-state index contributed by atoms with van der Waals surface area (Å²) in [6.07, 6.45) is 4.36. The van der Waals surface area contributed by atoms with Gasteiger partial charge in [0.2, 0.25) is 0 Å². The summed E-state index contributed by atoms with van der Waals surface area (Å²) in [5.41, 5.74) is 1.03. The van der Waals surface area contributed by atoms with Crippen LogP contribution in [-0.4, -0.2) is 33.4 Å². The molecule has 108 valence electrons. The highest BCUT2D eigenvalue weighted by atomic mass is 32.1. The number of nitrogens with zero attached hydrogens (tertiary/aromatic N) is 3. The minimum atomic E-state index is -0.155. The molecule has 2 amide bonds. The van der Waals surface area contributed by atoms with Gasteiger partial charge in [-0.1, -0.05) is 0 Å². The average Bonchev–Trinajstić information content (AvgIpc) is 3.01. The number of aromatic nitrogens is 3. The third kappa shape index (κ3) is 4.65. The van der Waals surface area contributed by atoms with Crippen molar-refractivity contribution in [3.8, 4) is 0 Å². The maximum absolute atomic E-state index is 11.7. The highest BCUT2D eigenvalue weighted by molar-refractivity contribution is 7.09. The molecule has 0 spiro atoms. The molecule has 0 fully saturated rings. The number of rotatable bonds is 6. The highest BCUT2D eigenvalue weighted by Gasteiger charge is 2.07. The van der Waals surface area contributed by atoms with E-state index in [0.29, 0.717) is 13.1 Å². The van der Waals surface area contributed by atoms with Crippen molar-refractivity contribution < 1.29 is 4.79 Å². The van der Waals surface area contributed by atoms with E-state index in [-0.39, 0.29) is 12.1 Å². The quantitative estimate of drug-likeness (QED) is 0.849. The molecule has 0 unspecified atom stereocenters. The second kappa shape index (κ2) is 7.04. The molecule has 0 aliphatic heterocycles. The van der Waals surface area contributed by atoms with Crippen LogP contribution in [0.4, 0.5) is 4.79 Å². The lowest BCUT2D eigenvalue weighted by Crippen LogP contribution is -2.43. The van der Waals surface area contributed by atoms with E-state index in [1.807, 2.05) is 31.5 Å². The van der Waals surface area contributed by atoms with Gasteiger partial charge in [0.15, 0.2) is 0 Å². The van der Waals surface area contributed by atoms with Gasteiger partial charge in [-0.3, -0.25) is 4.68 Å². The van der Waals surface area contributed by atoms with Crippen molar-refractivity contribution in [2.45, 2.75) is 32.9 Å². The van der Waals surface area contributed by atoms with Crippen LogP contribution < -0.4 is 10.6 Å². The molecule has 0 saturated carbocycles. The van der Waals surface area contributed by atoms with Crippen molar-refractivity contribution in [2.24, 2.45) is 0 Å². The van der Waals surface area contributed by atoms with Gasteiger partial charge in [0, 0.05) is 42.5 Å². The molecule has 6 nitrogen and oxygen atoms in total. The zero-order valence-corrected chi connectivity index (χ0v) is 12.5. The normalized spacial score (nSPS) is 12.1. The smallest absolute Gasteiger partial charge is 0.315 e. The van der Waals surface area contributed by atoms with Gasteiger partial charge in [-0.2, -0.15) is 5.10 Å². The summed E-state index contributed by atoms with van der Waals surface area (Å²) in [5, 5.41) is 12.9. The second-order valence-corrected chi connectivity index (χ2v) is 5.60. The largest absolute Gasteiger partial charge is 0.338 e. The highest BCUT2D eigenvalue weighted by Crippen LogP contribution is 2.08. The zero-order chi connectivity index (χ0) is 14.4. The Morgan fingerprint density at radius 2 is 2.40 bits per heavy atom. The third-order valence-corrected chi connectivity index (χ3v) is 3.72. The second-order valence-electron chi connectivity index (χ2n) is 4.66. The van der Waals surface area contributed by atoms with Crippen LogP contribution in [0.2, 0.25) is 0 Å². The Bertz CT molecular complexity index is 537. The van der Waals surface area contributed by atoms with Crippen LogP contribution >= 0.6 is 11.3 Å². The van der Waals surface area contributed by atoms with Gasteiger partial charge in [-0.05, 0) is 19.9 Å². The average molecular weight is 293 g/mol. The predicted octanol–water partition coefficient (Wildman–Crippen LogP) is 1.58. The standard InChI is InChI=1S/C13H19N5OS/c1-10(8-18-7-3-5-15-18)17-13(19)14-6-4-12-16-11(2)9-20-12/h3,5,7,9-10H,4,6,8H2,1-2H3,(H2,14,17,19)/t10-/m0/s1. The van der Waals surface area contributed by atoms with Gasteiger partial charge >= 0.3 is 6.03 Å². The summed E-state index contributed by atoms with van der Waals surface area (Å²) in [5.74, 6) is 0. The van der Waals surface area contributed by atoms with Crippen LogP contribution in [0.25, 0.3) is 0 Å². The fraction of sp³-hybridized carbons (Fsp3) is 0.462. The Hall–Kier alpha value is -1.89. The van der Waals surface area contributed by atoms with Crippen LogP contribution in [0.1, 0.15) is 17.6 Å². The zero-order valence-electron chi connectivity index (χ0n) is 11.7. The van der Waals surface area contributed by atoms with Crippen LogP contribution in [0, 0.1) is 6.92 Å². The number of hydrogen-bond acceptors (Lipinski definition) is 4. The first kappa shape index (κ1) is 14.5. The van der Waals surface area contributed by atoms with E-state index in [0.717, 1.165) is 17.1 Å². The Kier molecular flexibility index (Phi) is 5.11. The molecule has 0 radical (unpaired) electrons. The topological polar surface area (TPSA) is 71.8 Å². The maximum Gasteiger partial charge on any atom is 0.315 e. The van der Waals surface area contributed by atoms with E-state index in [2.05, 4.69) is 20.7 Å². The Morgan fingerprint density at radius 1 is 1.55 bits per heavy atom. The molecule has 0 saturated heterocycles. The maximum atomic E-state index is 11.7. The Labute approximate surface area is 122 Å². The molecule has 7 heteroatoms. The molecule has 0 aliphatic carbocycles. The Morgan fingerprint density at radius 3 is 3.05 bits per heavy atom. The van der Waals surface area contributed by atoms with E-state index in [1.165, 1.54) is 0 Å². The number of carbonyl (C=O) groups is 1. The van der Waals surface area contributed by atoms with Crippen LogP contribution in [0.5, 0.6) is 0 Å². The van der Waals surface area contributed by atoms with E-state index in [1.54, 1.807) is 22.2 Å². The number of urea groups is 1. The van der Waals surface area contributed by atoms with Crippen molar-refractivity contribution in [1.82, 2.24) is 25.4 Å². The van der Waals surface area contributed by atoms with Crippen molar-refractivity contribution in [3.63, 3.8) is 0 Å². The summed E-state index contributed by atoms with van der Waals surface area (Å²) in [6, 6.07) is 1.73. The van der Waals surface area contributed by atoms with Crippen molar-refractivity contribution in [3.05, 3.63) is 34.5 Å². The van der Waals surface area contributed by atoms with Gasteiger partial charge in [0.25, 0.3) is 0 Å². The minimum Gasteiger partial charge on any atom is -0.338 e. The van der Waals surface area contributed by atoms with Gasteiger partial charge in [-0.15, -0.1) is 11.3 Å². The molecular formula is C13H19N5OS. The van der Waals surface area contributed by atoms with Crippen LogP contribution in [0.15, 0.2) is 23.8 Å². The molecule has 2 rings (SSSR count). The van der Waals surface area contributed by atoms with Gasteiger partial charge < -0.3 is 10.6 Å². The molecular weight excluding hydrogens is 274 g/mol. The van der Waals surface area contributed by atoms with Crippen LogP contribution in [0.3, 0.4) is 0 Å². The van der Waals surface area contributed by atoms with E-state index < -0.39 is 0 Å². The van der Waals surface area contributed by atoms with Gasteiger partial charge in [0.05, 0.1) is 11.6 Å². The predicted molar refractivity (Wildman–Crippen MR) is 78.8 cm³/mol. The molecule has 0 aromatic carbocycles. The first-order chi connectivity index (χ1) is 9.63. The van der Waals surface area contributed by atoms with Gasteiger partial charge in [-0.25, -0.2) is 9.78 Å². The molecule has 2 heterocycles. The molecule has 2 aromatic rings. The number of carbonyl (C=O) groups excluding carboxylic acids is 1. The van der Waals surface area contributed by atoms with E-state index >= 15 is 0 Å². The molecule has 2 N–H and O–H groups in total. The first-order valence-corrected chi connectivity index (χ1v) is 7.44. The lowest BCUT2D eigenvalue weighted by atomic mass is 10.3. The molecule has 2 aromatic heterocycles. The first-order valence-electron chi connectivity index (χ1n) is 6.56. The van der Waals surface area contributed by atoms with Crippen molar-refractivity contribution >= 4 is 17.4 Å². The summed E-state index contributed by atoms with van der Waals surface area (Å²) in [6.45, 7) is 5.17. The fourth-order valence-electron chi connectivity index (χ4n) is 1.81. The molecule has 0 aliphatic rings. The fourth-order valence-corrected chi connectivity index (χ4v) is 2.59. The number of hydrogen-bond donors (Lipinski definition) is 2. The minimum absolute atomic E-state index is 0.0250. The Balaban J connectivity index is 1.64. The lowest BCUT2D eigenvalue weighted by Gasteiger charge is -2.14. The third-order valence-electron chi connectivity index (χ3n) is 2.69. The van der Waals surface area contributed by atoms with Crippen molar-refractivity contribution in [2.75, 3.05) is 6.54 Å². The van der Waals surface area contributed by atoms with Crippen LogP contribution in [-0.2, 0) is 13.0 Å². The lowest BCUT2D eigenvalue weighted by molar-refractivity contribution is 0.236. The number of thiazole rings is 1. The van der Waals surface area contributed by atoms with E-state index in [4.69, 9.17) is 0 Å². The van der Waals surface area contributed by atoms with Gasteiger partial charge in [0.1, 0.15) is 0 Å². The number of amides is 2. The van der Waals surface area contributed by atoms with Crippen molar-refractivity contribution in [1.29, 1.82) is 0 Å². The molecule has 0 bridgehead atoms. The van der Waals surface area contributed by atoms with E-state index in [9.17, 15) is 4.79 Å². The number of aryl methyl sites for hydroxylation is 1. The summed E-state index contributed by atoms with van der Waals surface area (Å²) in [7, 11) is 0. The number of nitrogens with one attached hydrogen (secondary N) is 2. The molecule has 20 heavy (non-hydrogen) atoms. The SMILES string of the molecule is Cc1csc(CCNC(=O)N[C@@H](C)Cn2cccn2)n1. The summed E-state index contributed by atoms with van der Waals surface area (Å²) >= 11 is 1.62. The summed E-state index contributed by atoms with van der Waals surface area (Å²) < 4.78 is 1.79. The summed E-state index contributed by atoms with van der Waals surface area (Å²) in [4.78, 5) is 16.1. The monoisotopic (exact) mass is 293 g/mol. The molecule has 1 atom stereocenters.